The van der Waals surface area contributed by atoms with Crippen molar-refractivity contribution in [2.24, 2.45) is 0 Å². The van der Waals surface area contributed by atoms with E-state index < -0.39 is 0 Å². The standard InChI is InChI=1S/C16H23FN2O/c17-15-7-5-14(6-8-15)4-3-9-18-12-16(20)13-19-10-1-2-11-19/h3-8,16,18,20H,1-2,9-13H2/b4-3+. The fraction of sp³-hybridized carbons (Fsp3) is 0.500. The highest BCUT2D eigenvalue weighted by Crippen LogP contribution is 2.07. The Bertz CT molecular complexity index is 413. The van der Waals surface area contributed by atoms with E-state index in [0.717, 1.165) is 25.2 Å². The molecule has 1 aliphatic heterocycles. The first-order valence-corrected chi connectivity index (χ1v) is 7.27. The van der Waals surface area contributed by atoms with Crippen molar-refractivity contribution in [2.75, 3.05) is 32.7 Å². The fourth-order valence-corrected chi connectivity index (χ4v) is 2.43. The molecule has 1 aromatic carbocycles. The third kappa shape index (κ3) is 5.41. The van der Waals surface area contributed by atoms with Gasteiger partial charge in [0.15, 0.2) is 0 Å². The van der Waals surface area contributed by atoms with Gasteiger partial charge in [-0.3, -0.25) is 0 Å². The Morgan fingerprint density at radius 3 is 2.65 bits per heavy atom. The van der Waals surface area contributed by atoms with E-state index in [4.69, 9.17) is 0 Å². The maximum absolute atomic E-state index is 12.7. The van der Waals surface area contributed by atoms with E-state index in [1.54, 1.807) is 12.1 Å². The van der Waals surface area contributed by atoms with Crippen molar-refractivity contribution < 1.29 is 9.50 Å². The van der Waals surface area contributed by atoms with Gasteiger partial charge in [0, 0.05) is 19.6 Å². The van der Waals surface area contributed by atoms with Crippen molar-refractivity contribution in [3.8, 4) is 0 Å². The first-order chi connectivity index (χ1) is 9.74. The van der Waals surface area contributed by atoms with Gasteiger partial charge in [-0.15, -0.1) is 0 Å². The monoisotopic (exact) mass is 278 g/mol. The van der Waals surface area contributed by atoms with E-state index >= 15 is 0 Å². The van der Waals surface area contributed by atoms with Gasteiger partial charge in [0.05, 0.1) is 6.10 Å². The summed E-state index contributed by atoms with van der Waals surface area (Å²) in [6.45, 7) is 4.29. The molecule has 2 N–H and O–H groups in total. The number of hydrogen-bond acceptors (Lipinski definition) is 3. The third-order valence-electron chi connectivity index (χ3n) is 3.49. The average Bonchev–Trinajstić information content (AvgIpc) is 2.93. The lowest BCUT2D eigenvalue weighted by atomic mass is 10.2. The Morgan fingerprint density at radius 1 is 1.25 bits per heavy atom. The van der Waals surface area contributed by atoms with Gasteiger partial charge >= 0.3 is 0 Å². The first kappa shape index (κ1) is 15.2. The van der Waals surface area contributed by atoms with Gasteiger partial charge in [0.25, 0.3) is 0 Å². The highest BCUT2D eigenvalue weighted by atomic mass is 19.1. The fourth-order valence-electron chi connectivity index (χ4n) is 2.43. The van der Waals surface area contributed by atoms with Crippen LogP contribution in [0.3, 0.4) is 0 Å². The highest BCUT2D eigenvalue weighted by Gasteiger charge is 2.14. The topological polar surface area (TPSA) is 35.5 Å². The van der Waals surface area contributed by atoms with Crippen molar-refractivity contribution in [1.82, 2.24) is 10.2 Å². The maximum Gasteiger partial charge on any atom is 0.123 e. The molecule has 1 heterocycles. The summed E-state index contributed by atoms with van der Waals surface area (Å²) in [6, 6.07) is 6.39. The van der Waals surface area contributed by atoms with Gasteiger partial charge in [-0.1, -0.05) is 24.3 Å². The SMILES string of the molecule is OC(CNC/C=C/c1ccc(F)cc1)CN1CCCC1. The van der Waals surface area contributed by atoms with Crippen molar-refractivity contribution >= 4 is 6.08 Å². The number of benzene rings is 1. The van der Waals surface area contributed by atoms with E-state index in [0.29, 0.717) is 13.1 Å². The lowest BCUT2D eigenvalue weighted by Gasteiger charge is -2.19. The first-order valence-electron chi connectivity index (χ1n) is 7.27. The van der Waals surface area contributed by atoms with Crippen molar-refractivity contribution in [3.05, 3.63) is 41.7 Å². The van der Waals surface area contributed by atoms with Crippen LogP contribution in [0.25, 0.3) is 6.08 Å². The summed E-state index contributed by atoms with van der Waals surface area (Å²) < 4.78 is 12.7. The predicted octanol–water partition coefficient (Wildman–Crippen LogP) is 1.89. The molecular formula is C16H23FN2O. The van der Waals surface area contributed by atoms with E-state index in [1.807, 2.05) is 12.2 Å². The Balaban J connectivity index is 1.59. The molecule has 1 aliphatic rings. The zero-order valence-corrected chi connectivity index (χ0v) is 11.8. The summed E-state index contributed by atoms with van der Waals surface area (Å²) in [7, 11) is 0. The molecule has 3 nitrogen and oxygen atoms in total. The molecule has 0 aliphatic carbocycles. The summed E-state index contributed by atoms with van der Waals surface area (Å²) in [6.07, 6.45) is 6.11. The number of hydrogen-bond donors (Lipinski definition) is 2. The van der Waals surface area contributed by atoms with Crippen LogP contribution in [0.2, 0.25) is 0 Å². The molecule has 0 radical (unpaired) electrons. The minimum absolute atomic E-state index is 0.217. The van der Waals surface area contributed by atoms with E-state index in [2.05, 4.69) is 10.2 Å². The van der Waals surface area contributed by atoms with Crippen LogP contribution in [0.1, 0.15) is 18.4 Å². The predicted molar refractivity (Wildman–Crippen MR) is 80.0 cm³/mol. The molecule has 1 aromatic rings. The molecule has 0 bridgehead atoms. The van der Waals surface area contributed by atoms with Crippen molar-refractivity contribution in [1.29, 1.82) is 0 Å². The second kappa shape index (κ2) is 8.15. The largest absolute Gasteiger partial charge is 0.390 e. The zero-order valence-electron chi connectivity index (χ0n) is 11.8. The van der Waals surface area contributed by atoms with Gasteiger partial charge in [-0.2, -0.15) is 0 Å². The smallest absolute Gasteiger partial charge is 0.123 e. The molecule has 1 saturated heterocycles. The third-order valence-corrected chi connectivity index (χ3v) is 3.49. The van der Waals surface area contributed by atoms with Gasteiger partial charge < -0.3 is 15.3 Å². The summed E-state index contributed by atoms with van der Waals surface area (Å²) in [5, 5.41) is 13.1. The molecule has 4 heteroatoms. The summed E-state index contributed by atoms with van der Waals surface area (Å²) in [5.74, 6) is -0.217. The molecule has 1 atom stereocenters. The Kier molecular flexibility index (Phi) is 6.18. The van der Waals surface area contributed by atoms with Gasteiger partial charge in [-0.25, -0.2) is 4.39 Å². The molecule has 0 spiro atoms. The molecule has 20 heavy (non-hydrogen) atoms. The van der Waals surface area contributed by atoms with E-state index in [1.165, 1.54) is 25.0 Å². The molecule has 0 aromatic heterocycles. The normalized spacial score (nSPS) is 17.9. The summed E-state index contributed by atoms with van der Waals surface area (Å²) in [4.78, 5) is 2.31. The van der Waals surface area contributed by atoms with Crippen molar-refractivity contribution in [2.45, 2.75) is 18.9 Å². The van der Waals surface area contributed by atoms with E-state index in [9.17, 15) is 9.50 Å². The van der Waals surface area contributed by atoms with Crippen LogP contribution < -0.4 is 5.32 Å². The Labute approximate surface area is 120 Å². The molecule has 2 rings (SSSR count). The van der Waals surface area contributed by atoms with Gasteiger partial charge in [0.1, 0.15) is 5.82 Å². The Hall–Kier alpha value is -1.23. The number of halogens is 1. The molecule has 0 saturated carbocycles. The quantitative estimate of drug-likeness (QED) is 0.748. The number of aliphatic hydroxyl groups excluding tert-OH is 1. The van der Waals surface area contributed by atoms with Crippen LogP contribution in [0, 0.1) is 5.82 Å². The summed E-state index contributed by atoms with van der Waals surface area (Å²) in [5.41, 5.74) is 0.978. The van der Waals surface area contributed by atoms with Crippen molar-refractivity contribution in [3.63, 3.8) is 0 Å². The number of nitrogens with zero attached hydrogens (tertiary/aromatic N) is 1. The van der Waals surface area contributed by atoms with Crippen LogP contribution in [-0.2, 0) is 0 Å². The zero-order chi connectivity index (χ0) is 14.2. The minimum Gasteiger partial charge on any atom is -0.390 e. The van der Waals surface area contributed by atoms with E-state index in [-0.39, 0.29) is 11.9 Å². The Morgan fingerprint density at radius 2 is 1.95 bits per heavy atom. The average molecular weight is 278 g/mol. The lowest BCUT2D eigenvalue weighted by molar-refractivity contribution is 0.124. The number of rotatable bonds is 7. The molecule has 0 amide bonds. The molecular weight excluding hydrogens is 255 g/mol. The molecule has 1 unspecified atom stereocenters. The number of nitrogens with one attached hydrogen (secondary N) is 1. The second-order valence-corrected chi connectivity index (χ2v) is 5.27. The number of aliphatic hydroxyl groups is 1. The highest BCUT2D eigenvalue weighted by molar-refractivity contribution is 5.48. The number of β-amino-alcohol motifs (C(OH)–C–C–N with tert-alkyl or cyclic N) is 1. The van der Waals surface area contributed by atoms with Gasteiger partial charge in [0.2, 0.25) is 0 Å². The van der Waals surface area contributed by atoms with Crippen LogP contribution in [-0.4, -0.2) is 48.8 Å². The van der Waals surface area contributed by atoms with Crippen LogP contribution in [0.5, 0.6) is 0 Å². The van der Waals surface area contributed by atoms with Gasteiger partial charge in [-0.05, 0) is 43.6 Å². The minimum atomic E-state index is -0.313. The van der Waals surface area contributed by atoms with Crippen LogP contribution >= 0.6 is 0 Å². The van der Waals surface area contributed by atoms with Crippen LogP contribution in [0.15, 0.2) is 30.3 Å². The lowest BCUT2D eigenvalue weighted by Crippen LogP contribution is -2.37. The second-order valence-electron chi connectivity index (χ2n) is 5.27. The number of likely N-dealkylation sites (tertiary alicyclic amines) is 1. The molecule has 1 fully saturated rings. The van der Waals surface area contributed by atoms with Crippen LogP contribution in [0.4, 0.5) is 4.39 Å². The molecule has 110 valence electrons. The maximum atomic E-state index is 12.7. The summed E-state index contributed by atoms with van der Waals surface area (Å²) >= 11 is 0.